The molecule has 0 aromatic carbocycles. The highest BCUT2D eigenvalue weighted by Crippen LogP contribution is 2.31. The van der Waals surface area contributed by atoms with E-state index in [0.717, 1.165) is 32.1 Å². The maximum Gasteiger partial charge on any atom is 0.410 e. The van der Waals surface area contributed by atoms with E-state index in [-0.39, 0.29) is 30.4 Å². The minimum absolute atomic E-state index is 0.189. The Morgan fingerprint density at radius 1 is 1.17 bits per heavy atom. The molecule has 102 valence electrons. The van der Waals surface area contributed by atoms with E-state index >= 15 is 0 Å². The summed E-state index contributed by atoms with van der Waals surface area (Å²) in [7, 11) is 0. The molecule has 0 saturated heterocycles. The zero-order valence-corrected chi connectivity index (χ0v) is 11.6. The molecule has 2 aliphatic carbocycles. The molecule has 0 bridgehead atoms. The summed E-state index contributed by atoms with van der Waals surface area (Å²) in [5, 5.41) is 0. The van der Waals surface area contributed by atoms with Crippen LogP contribution in [0.5, 0.6) is 0 Å². The van der Waals surface area contributed by atoms with Crippen molar-refractivity contribution in [3.63, 3.8) is 0 Å². The Balaban J connectivity index is 1.91. The summed E-state index contributed by atoms with van der Waals surface area (Å²) in [5.41, 5.74) is -0.496. The van der Waals surface area contributed by atoms with Crippen molar-refractivity contribution in [2.75, 3.05) is 6.54 Å². The quantitative estimate of drug-likeness (QED) is 0.774. The van der Waals surface area contributed by atoms with E-state index in [1.54, 1.807) is 4.90 Å². The molecule has 0 N–H and O–H groups in total. The third-order valence-electron chi connectivity index (χ3n) is 3.50. The predicted octanol–water partition coefficient (Wildman–Crippen LogP) is 2.76. The lowest BCUT2D eigenvalue weighted by molar-refractivity contribution is -0.126. The molecule has 2 fully saturated rings. The fourth-order valence-electron chi connectivity index (χ4n) is 2.08. The van der Waals surface area contributed by atoms with Crippen LogP contribution in [0.25, 0.3) is 0 Å². The summed E-state index contributed by atoms with van der Waals surface area (Å²) in [4.78, 5) is 25.7. The lowest BCUT2D eigenvalue weighted by atomic mass is 9.82. The number of rotatable bonds is 4. The Labute approximate surface area is 109 Å². The summed E-state index contributed by atoms with van der Waals surface area (Å²) in [6.07, 6.45) is 4.79. The van der Waals surface area contributed by atoms with Crippen LogP contribution in [0.2, 0.25) is 0 Å². The minimum atomic E-state index is -0.496. The van der Waals surface area contributed by atoms with Crippen LogP contribution in [0, 0.1) is 5.92 Å². The molecule has 4 nitrogen and oxygen atoms in total. The molecule has 2 saturated carbocycles. The van der Waals surface area contributed by atoms with Crippen LogP contribution >= 0.6 is 0 Å². The normalized spacial score (nSPS) is 20.2. The summed E-state index contributed by atoms with van der Waals surface area (Å²) in [6, 6.07) is 0.226. The van der Waals surface area contributed by atoms with Gasteiger partial charge in [-0.25, -0.2) is 4.79 Å². The van der Waals surface area contributed by atoms with E-state index in [2.05, 4.69) is 0 Å². The average Bonchev–Trinajstić information content (AvgIpc) is 2.90. The van der Waals surface area contributed by atoms with E-state index in [9.17, 15) is 9.59 Å². The van der Waals surface area contributed by atoms with E-state index in [0.29, 0.717) is 0 Å². The molecule has 0 atom stereocenters. The van der Waals surface area contributed by atoms with Gasteiger partial charge in [0.25, 0.3) is 0 Å². The summed E-state index contributed by atoms with van der Waals surface area (Å²) >= 11 is 0. The van der Waals surface area contributed by atoms with E-state index < -0.39 is 5.60 Å². The van der Waals surface area contributed by atoms with Crippen molar-refractivity contribution >= 4 is 11.9 Å². The predicted molar refractivity (Wildman–Crippen MR) is 68.3 cm³/mol. The van der Waals surface area contributed by atoms with Gasteiger partial charge < -0.3 is 4.74 Å². The molecule has 4 heteroatoms. The van der Waals surface area contributed by atoms with Crippen molar-refractivity contribution in [3.05, 3.63) is 0 Å². The zero-order valence-electron chi connectivity index (χ0n) is 11.6. The highest BCUT2D eigenvalue weighted by molar-refractivity contribution is 5.86. The maximum absolute atomic E-state index is 12.1. The van der Waals surface area contributed by atoms with Gasteiger partial charge in [-0.05, 0) is 46.5 Å². The van der Waals surface area contributed by atoms with Gasteiger partial charge in [0.2, 0.25) is 0 Å². The molecule has 0 unspecified atom stereocenters. The molecule has 1 amide bonds. The number of ether oxygens (including phenoxy) is 1. The number of carbonyl (C=O) groups is 2. The van der Waals surface area contributed by atoms with Crippen LogP contribution in [0.3, 0.4) is 0 Å². The first-order valence-electron chi connectivity index (χ1n) is 6.89. The molecule has 0 aromatic heterocycles. The van der Waals surface area contributed by atoms with Crippen molar-refractivity contribution in [2.24, 2.45) is 5.92 Å². The van der Waals surface area contributed by atoms with Gasteiger partial charge in [0.05, 0.1) is 6.54 Å². The first-order valence-corrected chi connectivity index (χ1v) is 6.89. The summed E-state index contributed by atoms with van der Waals surface area (Å²) in [6.45, 7) is 5.79. The lowest BCUT2D eigenvalue weighted by Gasteiger charge is -2.30. The van der Waals surface area contributed by atoms with Gasteiger partial charge in [0.1, 0.15) is 5.60 Å². The molecular formula is C14H23NO3. The van der Waals surface area contributed by atoms with Crippen molar-refractivity contribution in [1.82, 2.24) is 4.90 Å². The molecular weight excluding hydrogens is 230 g/mol. The minimum Gasteiger partial charge on any atom is -0.444 e. The molecule has 0 heterocycles. The topological polar surface area (TPSA) is 46.6 Å². The fraction of sp³-hybridized carbons (Fsp3) is 0.857. The van der Waals surface area contributed by atoms with Gasteiger partial charge in [0, 0.05) is 12.0 Å². The van der Waals surface area contributed by atoms with Crippen molar-refractivity contribution in [2.45, 2.75) is 64.5 Å². The van der Waals surface area contributed by atoms with Crippen molar-refractivity contribution < 1.29 is 14.3 Å². The second kappa shape index (κ2) is 4.90. The molecule has 0 radical (unpaired) electrons. The number of carbonyl (C=O) groups excluding carboxylic acids is 2. The van der Waals surface area contributed by atoms with E-state index in [4.69, 9.17) is 4.74 Å². The fourth-order valence-corrected chi connectivity index (χ4v) is 2.08. The lowest BCUT2D eigenvalue weighted by Crippen LogP contribution is -2.43. The number of nitrogens with zero attached hydrogens (tertiary/aromatic N) is 1. The Kier molecular flexibility index (Phi) is 3.64. The Bertz CT molecular complexity index is 337. The van der Waals surface area contributed by atoms with Crippen LogP contribution in [0.4, 0.5) is 4.79 Å². The third kappa shape index (κ3) is 3.47. The molecule has 18 heavy (non-hydrogen) atoms. The first kappa shape index (κ1) is 13.4. The maximum atomic E-state index is 12.1. The number of ketones is 1. The van der Waals surface area contributed by atoms with Gasteiger partial charge >= 0.3 is 6.09 Å². The summed E-state index contributed by atoms with van der Waals surface area (Å²) in [5.74, 6) is 0.396. The van der Waals surface area contributed by atoms with E-state index in [1.165, 1.54) is 0 Å². The Morgan fingerprint density at radius 2 is 1.78 bits per heavy atom. The molecule has 0 aliphatic heterocycles. The molecule has 0 spiro atoms. The second-order valence-electron chi connectivity index (χ2n) is 6.43. The van der Waals surface area contributed by atoms with Crippen LogP contribution in [-0.2, 0) is 9.53 Å². The van der Waals surface area contributed by atoms with Gasteiger partial charge in [-0.3, -0.25) is 9.69 Å². The second-order valence-corrected chi connectivity index (χ2v) is 6.43. The monoisotopic (exact) mass is 253 g/mol. The van der Waals surface area contributed by atoms with Crippen LogP contribution in [0.15, 0.2) is 0 Å². The first-order chi connectivity index (χ1) is 8.37. The van der Waals surface area contributed by atoms with E-state index in [1.807, 2.05) is 20.8 Å². The SMILES string of the molecule is CC(C)(C)OC(=O)N(CC(=O)C1CCC1)C1CC1. The Morgan fingerprint density at radius 3 is 2.17 bits per heavy atom. The highest BCUT2D eigenvalue weighted by atomic mass is 16.6. The van der Waals surface area contributed by atoms with Gasteiger partial charge in [-0.1, -0.05) is 6.42 Å². The van der Waals surface area contributed by atoms with Gasteiger partial charge in [-0.2, -0.15) is 0 Å². The number of hydrogen-bond acceptors (Lipinski definition) is 3. The van der Waals surface area contributed by atoms with Crippen LogP contribution < -0.4 is 0 Å². The van der Waals surface area contributed by atoms with Crippen LogP contribution in [-0.4, -0.2) is 35.0 Å². The molecule has 0 aromatic rings. The molecule has 2 rings (SSSR count). The third-order valence-corrected chi connectivity index (χ3v) is 3.50. The highest BCUT2D eigenvalue weighted by Gasteiger charge is 2.38. The van der Waals surface area contributed by atoms with Crippen molar-refractivity contribution in [1.29, 1.82) is 0 Å². The van der Waals surface area contributed by atoms with Gasteiger partial charge in [-0.15, -0.1) is 0 Å². The molecule has 2 aliphatic rings. The Hall–Kier alpha value is -1.06. The smallest absolute Gasteiger partial charge is 0.410 e. The summed E-state index contributed by atoms with van der Waals surface area (Å²) < 4.78 is 5.37. The number of Topliss-reactive ketones (excluding diaryl/α,β-unsaturated/α-hetero) is 1. The largest absolute Gasteiger partial charge is 0.444 e. The van der Waals surface area contributed by atoms with Gasteiger partial charge in [0.15, 0.2) is 5.78 Å². The number of hydrogen-bond donors (Lipinski definition) is 0. The standard InChI is InChI=1S/C14H23NO3/c1-14(2,3)18-13(17)15(11-7-8-11)9-12(16)10-5-4-6-10/h10-11H,4-9H2,1-3H3. The zero-order chi connectivity index (χ0) is 13.3. The van der Waals surface area contributed by atoms with Crippen molar-refractivity contribution in [3.8, 4) is 0 Å². The van der Waals surface area contributed by atoms with Crippen LogP contribution in [0.1, 0.15) is 52.9 Å². The average molecular weight is 253 g/mol. The number of amides is 1.